The first-order valence-corrected chi connectivity index (χ1v) is 7.03. The number of fused-ring (bicyclic) bond motifs is 2. The molecule has 0 radical (unpaired) electrons. The zero-order valence-electron chi connectivity index (χ0n) is 9.59. The first-order valence-electron chi connectivity index (χ1n) is 5.88. The van der Waals surface area contributed by atoms with Crippen LogP contribution in [0.4, 0.5) is 0 Å². The van der Waals surface area contributed by atoms with Crippen LogP contribution >= 0.6 is 0 Å². The van der Waals surface area contributed by atoms with Crippen molar-refractivity contribution in [1.29, 1.82) is 0 Å². The second-order valence-electron chi connectivity index (χ2n) is 4.46. The summed E-state index contributed by atoms with van der Waals surface area (Å²) in [7, 11) is 0. The van der Waals surface area contributed by atoms with Crippen LogP contribution in [0.2, 0.25) is 0 Å². The van der Waals surface area contributed by atoms with Gasteiger partial charge in [0.2, 0.25) is 0 Å². The summed E-state index contributed by atoms with van der Waals surface area (Å²) in [6, 6.07) is 16.2. The summed E-state index contributed by atoms with van der Waals surface area (Å²) < 4.78 is 12.5. The van der Waals surface area contributed by atoms with Crippen LogP contribution in [0.3, 0.4) is 0 Å². The molecule has 4 rings (SSSR count). The van der Waals surface area contributed by atoms with E-state index in [4.69, 9.17) is 0 Å². The number of rotatable bonds is 2. The molecule has 2 heteroatoms. The Kier molecular flexibility index (Phi) is 2.04. The van der Waals surface area contributed by atoms with E-state index >= 15 is 0 Å². The van der Waals surface area contributed by atoms with E-state index in [0.717, 1.165) is 20.9 Å². The Balaban J connectivity index is 1.67. The SMILES string of the molecule is [O-][S+](C1=Cc2ccccc21)C1=Cc2ccccc21. The van der Waals surface area contributed by atoms with Crippen LogP contribution in [0.25, 0.3) is 22.0 Å². The van der Waals surface area contributed by atoms with Crippen molar-refractivity contribution in [2.24, 2.45) is 0 Å². The summed E-state index contributed by atoms with van der Waals surface area (Å²) in [6.07, 6.45) is 4.04. The van der Waals surface area contributed by atoms with Crippen molar-refractivity contribution in [3.8, 4) is 0 Å². The van der Waals surface area contributed by atoms with Gasteiger partial charge in [0.1, 0.15) is 0 Å². The quantitative estimate of drug-likeness (QED) is 0.744. The van der Waals surface area contributed by atoms with Gasteiger partial charge in [0, 0.05) is 34.5 Å². The molecule has 0 fully saturated rings. The van der Waals surface area contributed by atoms with Crippen molar-refractivity contribution in [2.75, 3.05) is 0 Å². The second-order valence-corrected chi connectivity index (χ2v) is 5.88. The van der Waals surface area contributed by atoms with Crippen LogP contribution in [0, 0.1) is 0 Å². The smallest absolute Gasteiger partial charge is 0.166 e. The van der Waals surface area contributed by atoms with Crippen molar-refractivity contribution < 1.29 is 4.55 Å². The van der Waals surface area contributed by atoms with Crippen LogP contribution < -0.4 is 0 Å². The molecule has 18 heavy (non-hydrogen) atoms. The van der Waals surface area contributed by atoms with Gasteiger partial charge < -0.3 is 4.55 Å². The molecule has 2 aliphatic carbocycles. The predicted octanol–water partition coefficient (Wildman–Crippen LogP) is 3.76. The molecule has 2 aromatic rings. The molecule has 0 saturated carbocycles. The van der Waals surface area contributed by atoms with Crippen LogP contribution in [-0.2, 0) is 11.2 Å². The fraction of sp³-hybridized carbons (Fsp3) is 0. The minimum absolute atomic E-state index is 0.950. The number of benzene rings is 2. The lowest BCUT2D eigenvalue weighted by Crippen LogP contribution is -2.15. The molecule has 0 bridgehead atoms. The van der Waals surface area contributed by atoms with Gasteiger partial charge in [0.15, 0.2) is 9.81 Å². The lowest BCUT2D eigenvalue weighted by atomic mass is 9.97. The Morgan fingerprint density at radius 2 is 1.11 bits per heavy atom. The maximum Gasteiger partial charge on any atom is 0.166 e. The molecular weight excluding hydrogens is 240 g/mol. The van der Waals surface area contributed by atoms with Gasteiger partial charge in [-0.15, -0.1) is 0 Å². The third kappa shape index (κ3) is 1.27. The van der Waals surface area contributed by atoms with Gasteiger partial charge in [-0.3, -0.25) is 0 Å². The van der Waals surface area contributed by atoms with E-state index in [9.17, 15) is 4.55 Å². The van der Waals surface area contributed by atoms with E-state index in [1.54, 1.807) is 0 Å². The molecule has 0 amide bonds. The summed E-state index contributed by atoms with van der Waals surface area (Å²) in [5.74, 6) is 0. The second kappa shape index (κ2) is 3.61. The van der Waals surface area contributed by atoms with Gasteiger partial charge in [0.25, 0.3) is 0 Å². The first kappa shape index (κ1) is 10.2. The number of hydrogen-bond donors (Lipinski definition) is 0. The lowest BCUT2D eigenvalue weighted by Gasteiger charge is -2.26. The average molecular weight is 250 g/mol. The molecule has 0 spiro atoms. The molecule has 2 aliphatic rings. The van der Waals surface area contributed by atoms with Crippen LogP contribution in [0.5, 0.6) is 0 Å². The normalized spacial score (nSPS) is 15.0. The topological polar surface area (TPSA) is 23.1 Å². The van der Waals surface area contributed by atoms with Gasteiger partial charge in [-0.2, -0.15) is 0 Å². The van der Waals surface area contributed by atoms with Crippen LogP contribution in [0.1, 0.15) is 22.3 Å². The summed E-state index contributed by atoms with van der Waals surface area (Å²) in [5, 5.41) is 0. The van der Waals surface area contributed by atoms with E-state index < -0.39 is 11.2 Å². The summed E-state index contributed by atoms with van der Waals surface area (Å²) in [6.45, 7) is 0. The van der Waals surface area contributed by atoms with Gasteiger partial charge in [-0.05, 0) is 23.3 Å². The van der Waals surface area contributed by atoms with Crippen molar-refractivity contribution in [3.05, 3.63) is 70.8 Å². The maximum atomic E-state index is 12.5. The van der Waals surface area contributed by atoms with E-state index in [0.29, 0.717) is 0 Å². The molecule has 0 unspecified atom stereocenters. The molecule has 0 N–H and O–H groups in total. The summed E-state index contributed by atoms with van der Waals surface area (Å²) in [5.41, 5.74) is 4.63. The predicted molar refractivity (Wildman–Crippen MR) is 76.8 cm³/mol. The molecule has 2 aromatic carbocycles. The Hall–Kier alpha value is -1.77. The van der Waals surface area contributed by atoms with Gasteiger partial charge in [0.05, 0.1) is 0 Å². The average Bonchev–Trinajstić information content (AvgIpc) is 2.32. The highest BCUT2D eigenvalue weighted by Crippen LogP contribution is 2.46. The van der Waals surface area contributed by atoms with Crippen LogP contribution in [0.15, 0.2) is 48.5 Å². The Bertz CT molecular complexity index is 651. The molecule has 0 heterocycles. The number of hydrogen-bond acceptors (Lipinski definition) is 1. The monoisotopic (exact) mass is 250 g/mol. The van der Waals surface area contributed by atoms with E-state index in [2.05, 4.69) is 12.1 Å². The van der Waals surface area contributed by atoms with E-state index in [-0.39, 0.29) is 0 Å². The zero-order valence-corrected chi connectivity index (χ0v) is 10.4. The molecule has 0 aromatic heterocycles. The fourth-order valence-corrected chi connectivity index (χ4v) is 3.88. The first-order chi connectivity index (χ1) is 8.84. The van der Waals surface area contributed by atoms with Crippen molar-refractivity contribution >= 4 is 33.1 Å². The summed E-state index contributed by atoms with van der Waals surface area (Å²) >= 11 is -1.04. The maximum absolute atomic E-state index is 12.5. The molecular formula is C16H10OS. The van der Waals surface area contributed by atoms with Gasteiger partial charge in [-0.25, -0.2) is 0 Å². The highest BCUT2D eigenvalue weighted by atomic mass is 32.2. The Morgan fingerprint density at radius 3 is 1.56 bits per heavy atom. The van der Waals surface area contributed by atoms with Gasteiger partial charge >= 0.3 is 0 Å². The minimum Gasteiger partial charge on any atom is -0.606 e. The molecule has 1 nitrogen and oxygen atoms in total. The summed E-state index contributed by atoms with van der Waals surface area (Å²) in [4.78, 5) is 1.90. The standard InChI is InChI=1S/C16H10OS/c17-18(15-9-11-5-1-3-7-13(11)15)16-10-12-6-2-4-8-14(12)16/h1-10H. The minimum atomic E-state index is -1.04. The van der Waals surface area contributed by atoms with Crippen LogP contribution in [-0.4, -0.2) is 4.55 Å². The molecule has 86 valence electrons. The zero-order chi connectivity index (χ0) is 12.1. The third-order valence-corrected chi connectivity index (χ3v) is 4.90. The molecule has 0 aliphatic heterocycles. The van der Waals surface area contributed by atoms with Crippen molar-refractivity contribution in [2.45, 2.75) is 0 Å². The lowest BCUT2D eigenvalue weighted by molar-refractivity contribution is 0.614. The highest BCUT2D eigenvalue weighted by molar-refractivity contribution is 8.09. The van der Waals surface area contributed by atoms with E-state index in [1.807, 2.05) is 48.6 Å². The largest absolute Gasteiger partial charge is 0.606 e. The Labute approximate surface area is 109 Å². The highest BCUT2D eigenvalue weighted by Gasteiger charge is 2.34. The Morgan fingerprint density at radius 1 is 0.667 bits per heavy atom. The fourth-order valence-electron chi connectivity index (χ4n) is 2.40. The van der Waals surface area contributed by atoms with E-state index in [1.165, 1.54) is 11.1 Å². The molecule has 0 saturated heterocycles. The van der Waals surface area contributed by atoms with Gasteiger partial charge in [-0.1, -0.05) is 36.4 Å². The van der Waals surface area contributed by atoms with Crippen molar-refractivity contribution in [1.82, 2.24) is 0 Å². The third-order valence-electron chi connectivity index (χ3n) is 3.43. The molecule has 0 atom stereocenters. The van der Waals surface area contributed by atoms with Crippen molar-refractivity contribution in [3.63, 3.8) is 0 Å².